The third kappa shape index (κ3) is 2.25. The van der Waals surface area contributed by atoms with Gasteiger partial charge >= 0.3 is 0 Å². The zero-order chi connectivity index (χ0) is 13.2. The van der Waals surface area contributed by atoms with Crippen LogP contribution in [0, 0.1) is 0 Å². The van der Waals surface area contributed by atoms with E-state index in [9.17, 15) is 4.79 Å². The van der Waals surface area contributed by atoms with Crippen LogP contribution in [0.15, 0.2) is 42.0 Å². The lowest BCUT2D eigenvalue weighted by Crippen LogP contribution is -2.14. The molecule has 2 heterocycles. The zero-order valence-electron chi connectivity index (χ0n) is 9.83. The van der Waals surface area contributed by atoms with Gasteiger partial charge in [-0.05, 0) is 30.3 Å². The number of carbonyl (C=O) groups excluding carboxylic acids is 1. The summed E-state index contributed by atoms with van der Waals surface area (Å²) in [5, 5.41) is 2.80. The normalized spacial score (nSPS) is 10.5. The SMILES string of the molecule is Nc1ncccc1C(=O)Nc1ccc2ncsc2c1. The quantitative estimate of drug-likeness (QED) is 0.749. The van der Waals surface area contributed by atoms with Gasteiger partial charge in [0.15, 0.2) is 0 Å². The van der Waals surface area contributed by atoms with Gasteiger partial charge in [-0.3, -0.25) is 4.79 Å². The Balaban J connectivity index is 1.88. The minimum Gasteiger partial charge on any atom is -0.383 e. The molecule has 5 nitrogen and oxygen atoms in total. The highest BCUT2D eigenvalue weighted by Crippen LogP contribution is 2.22. The molecule has 0 radical (unpaired) electrons. The van der Waals surface area contributed by atoms with E-state index >= 15 is 0 Å². The van der Waals surface area contributed by atoms with E-state index in [1.165, 1.54) is 11.3 Å². The molecule has 3 aromatic rings. The summed E-state index contributed by atoms with van der Waals surface area (Å²) in [6.45, 7) is 0. The molecule has 0 unspecified atom stereocenters. The molecule has 3 N–H and O–H groups in total. The van der Waals surface area contributed by atoms with Crippen molar-refractivity contribution in [3.8, 4) is 0 Å². The smallest absolute Gasteiger partial charge is 0.259 e. The summed E-state index contributed by atoms with van der Waals surface area (Å²) in [5.74, 6) is -0.0478. The van der Waals surface area contributed by atoms with Crippen LogP contribution >= 0.6 is 11.3 Å². The van der Waals surface area contributed by atoms with Crippen molar-refractivity contribution in [3.63, 3.8) is 0 Å². The Hall–Kier alpha value is -2.47. The van der Waals surface area contributed by atoms with Gasteiger partial charge < -0.3 is 11.1 Å². The minimum absolute atomic E-state index is 0.221. The number of fused-ring (bicyclic) bond motifs is 1. The number of nitrogens with one attached hydrogen (secondary N) is 1. The second kappa shape index (κ2) is 4.66. The molecule has 0 saturated carbocycles. The second-order valence-corrected chi connectivity index (χ2v) is 4.81. The maximum Gasteiger partial charge on any atom is 0.259 e. The zero-order valence-corrected chi connectivity index (χ0v) is 10.6. The average Bonchev–Trinajstić information content (AvgIpc) is 2.86. The molecule has 0 aliphatic carbocycles. The number of aromatic nitrogens is 2. The van der Waals surface area contributed by atoms with E-state index in [0.717, 1.165) is 10.2 Å². The van der Waals surface area contributed by atoms with Gasteiger partial charge in [-0.1, -0.05) is 0 Å². The summed E-state index contributed by atoms with van der Waals surface area (Å²) in [5.41, 5.74) is 9.44. The lowest BCUT2D eigenvalue weighted by atomic mass is 10.2. The molecule has 0 spiro atoms. The maximum atomic E-state index is 12.1. The number of pyridine rings is 1. The monoisotopic (exact) mass is 270 g/mol. The van der Waals surface area contributed by atoms with Crippen LogP contribution < -0.4 is 11.1 Å². The van der Waals surface area contributed by atoms with Crippen LogP contribution in [0.3, 0.4) is 0 Å². The van der Waals surface area contributed by atoms with Gasteiger partial charge in [-0.2, -0.15) is 0 Å². The highest BCUT2D eigenvalue weighted by atomic mass is 32.1. The Bertz CT molecular complexity index is 753. The van der Waals surface area contributed by atoms with Crippen molar-refractivity contribution in [1.82, 2.24) is 9.97 Å². The van der Waals surface area contributed by atoms with Crippen molar-refractivity contribution in [2.45, 2.75) is 0 Å². The third-order valence-corrected chi connectivity index (χ3v) is 3.46. The van der Waals surface area contributed by atoms with Crippen molar-refractivity contribution in [2.24, 2.45) is 0 Å². The van der Waals surface area contributed by atoms with E-state index in [0.29, 0.717) is 11.3 Å². The highest BCUT2D eigenvalue weighted by Gasteiger charge is 2.10. The molecule has 6 heteroatoms. The minimum atomic E-state index is -0.269. The molecular weight excluding hydrogens is 260 g/mol. The molecule has 0 fully saturated rings. The first-order valence-corrected chi connectivity index (χ1v) is 6.47. The van der Waals surface area contributed by atoms with Crippen LogP contribution in [0.4, 0.5) is 11.5 Å². The Morgan fingerprint density at radius 1 is 1.26 bits per heavy atom. The molecule has 0 bridgehead atoms. The van der Waals surface area contributed by atoms with Crippen LogP contribution in [0.2, 0.25) is 0 Å². The van der Waals surface area contributed by atoms with E-state index in [-0.39, 0.29) is 11.7 Å². The molecule has 2 aromatic heterocycles. The Labute approximate surface area is 113 Å². The number of hydrogen-bond acceptors (Lipinski definition) is 5. The Kier molecular flexibility index (Phi) is 2.85. The molecular formula is C13H10N4OS. The summed E-state index contributed by atoms with van der Waals surface area (Å²) in [6.07, 6.45) is 1.55. The van der Waals surface area contributed by atoms with Crippen molar-refractivity contribution in [1.29, 1.82) is 0 Å². The third-order valence-electron chi connectivity index (χ3n) is 2.67. The predicted molar refractivity (Wildman–Crippen MR) is 76.2 cm³/mol. The molecule has 1 aromatic carbocycles. The first-order chi connectivity index (χ1) is 9.24. The fourth-order valence-electron chi connectivity index (χ4n) is 1.74. The predicted octanol–water partition coefficient (Wildman–Crippen LogP) is 2.53. The molecule has 0 aliphatic heterocycles. The number of thiazole rings is 1. The van der Waals surface area contributed by atoms with E-state index in [1.54, 1.807) is 23.8 Å². The number of rotatable bonds is 2. The first kappa shape index (κ1) is 11.6. The summed E-state index contributed by atoms with van der Waals surface area (Å²) < 4.78 is 1.02. The Morgan fingerprint density at radius 2 is 2.16 bits per heavy atom. The van der Waals surface area contributed by atoms with Gasteiger partial charge in [0.2, 0.25) is 0 Å². The fourth-order valence-corrected chi connectivity index (χ4v) is 2.46. The van der Waals surface area contributed by atoms with E-state index < -0.39 is 0 Å². The van der Waals surface area contributed by atoms with Crippen molar-refractivity contribution < 1.29 is 4.79 Å². The lowest BCUT2D eigenvalue weighted by molar-refractivity contribution is 0.102. The number of hydrogen-bond donors (Lipinski definition) is 2. The largest absolute Gasteiger partial charge is 0.383 e. The number of anilines is 2. The topological polar surface area (TPSA) is 80.9 Å². The van der Waals surface area contributed by atoms with Gasteiger partial charge in [-0.25, -0.2) is 9.97 Å². The lowest BCUT2D eigenvalue weighted by Gasteiger charge is -2.06. The molecule has 94 valence electrons. The number of nitrogen functional groups attached to an aromatic ring is 1. The van der Waals surface area contributed by atoms with Crippen LogP contribution in [-0.4, -0.2) is 15.9 Å². The molecule has 19 heavy (non-hydrogen) atoms. The summed E-state index contributed by atoms with van der Waals surface area (Å²) in [6, 6.07) is 8.89. The summed E-state index contributed by atoms with van der Waals surface area (Å²) >= 11 is 1.53. The van der Waals surface area contributed by atoms with Crippen molar-refractivity contribution >= 4 is 39.0 Å². The summed E-state index contributed by atoms with van der Waals surface area (Å²) in [4.78, 5) is 20.1. The van der Waals surface area contributed by atoms with Crippen molar-refractivity contribution in [2.75, 3.05) is 11.1 Å². The maximum absolute atomic E-state index is 12.1. The van der Waals surface area contributed by atoms with Gasteiger partial charge in [-0.15, -0.1) is 11.3 Å². The van der Waals surface area contributed by atoms with E-state index in [4.69, 9.17) is 5.73 Å². The molecule has 0 saturated heterocycles. The number of nitrogens with zero attached hydrogens (tertiary/aromatic N) is 2. The molecule has 0 atom stereocenters. The number of benzene rings is 1. The van der Waals surface area contributed by atoms with Crippen LogP contribution in [0.1, 0.15) is 10.4 Å². The number of nitrogens with two attached hydrogens (primary N) is 1. The number of carbonyl (C=O) groups is 1. The van der Waals surface area contributed by atoms with Crippen LogP contribution in [0.25, 0.3) is 10.2 Å². The first-order valence-electron chi connectivity index (χ1n) is 5.59. The van der Waals surface area contributed by atoms with Gasteiger partial charge in [0, 0.05) is 11.9 Å². The standard InChI is InChI=1S/C13H10N4OS/c14-12-9(2-1-5-15-12)13(18)17-8-3-4-10-11(6-8)19-7-16-10/h1-7H,(H2,14,15)(H,17,18). The Morgan fingerprint density at radius 3 is 3.00 bits per heavy atom. The van der Waals surface area contributed by atoms with Crippen LogP contribution in [-0.2, 0) is 0 Å². The number of amides is 1. The summed E-state index contributed by atoms with van der Waals surface area (Å²) in [7, 11) is 0. The average molecular weight is 270 g/mol. The van der Waals surface area contributed by atoms with E-state index in [1.807, 2.05) is 18.2 Å². The second-order valence-electron chi connectivity index (χ2n) is 3.93. The van der Waals surface area contributed by atoms with E-state index in [2.05, 4.69) is 15.3 Å². The molecule has 1 amide bonds. The molecule has 0 aliphatic rings. The fraction of sp³-hybridized carbons (Fsp3) is 0. The van der Waals surface area contributed by atoms with Gasteiger partial charge in [0.05, 0.1) is 21.3 Å². The van der Waals surface area contributed by atoms with Gasteiger partial charge in [0.25, 0.3) is 5.91 Å². The van der Waals surface area contributed by atoms with Gasteiger partial charge in [0.1, 0.15) is 5.82 Å². The van der Waals surface area contributed by atoms with Crippen molar-refractivity contribution in [3.05, 3.63) is 47.6 Å². The highest BCUT2D eigenvalue weighted by molar-refractivity contribution is 7.16. The molecule has 3 rings (SSSR count). The van der Waals surface area contributed by atoms with Crippen LogP contribution in [0.5, 0.6) is 0 Å².